The second-order valence-corrected chi connectivity index (χ2v) is 19.6. The number of nitrogens with one attached hydrogen (secondary N) is 2. The predicted octanol–water partition coefficient (Wildman–Crippen LogP) is 7.49. The molecule has 0 unspecified atom stereocenters. The fourth-order valence-corrected chi connectivity index (χ4v) is 9.45. The van der Waals surface area contributed by atoms with Crippen molar-refractivity contribution < 1.29 is 26.4 Å². The highest BCUT2D eigenvalue weighted by Crippen LogP contribution is 2.34. The molecular weight excluding hydrogens is 693 g/mol. The number of sulfone groups is 2. The molecular formula is C42H50N2O6S2. The van der Waals surface area contributed by atoms with Crippen molar-refractivity contribution in [2.24, 2.45) is 11.8 Å². The van der Waals surface area contributed by atoms with Crippen LogP contribution >= 0.6 is 0 Å². The summed E-state index contributed by atoms with van der Waals surface area (Å²) in [5.74, 6) is -0.00227. The molecule has 0 saturated carbocycles. The highest BCUT2D eigenvalue weighted by molar-refractivity contribution is 7.92. The van der Waals surface area contributed by atoms with Crippen LogP contribution in [0.3, 0.4) is 0 Å². The Morgan fingerprint density at radius 2 is 0.808 bits per heavy atom. The van der Waals surface area contributed by atoms with Gasteiger partial charge in [0.1, 0.15) is 0 Å². The Hall–Kier alpha value is -4.28. The number of hydrogen-bond donors (Lipinski definition) is 2. The quantitative estimate of drug-likeness (QED) is 0.174. The fourth-order valence-electron chi connectivity index (χ4n) is 6.77. The minimum absolute atomic E-state index is 0.0136. The third-order valence-corrected chi connectivity index (χ3v) is 14.8. The van der Waals surface area contributed by atoms with Gasteiger partial charge in [0, 0.05) is 12.8 Å². The molecule has 10 heteroatoms. The molecule has 8 nitrogen and oxygen atoms in total. The molecule has 4 aromatic carbocycles. The van der Waals surface area contributed by atoms with Crippen LogP contribution in [0.5, 0.6) is 0 Å². The third kappa shape index (κ3) is 9.98. The first-order valence-corrected chi connectivity index (χ1v) is 21.5. The van der Waals surface area contributed by atoms with Crippen molar-refractivity contribution in [3.05, 3.63) is 120 Å². The van der Waals surface area contributed by atoms with E-state index in [-0.39, 0.29) is 47.2 Å². The molecule has 0 aromatic heterocycles. The molecule has 2 N–H and O–H groups in total. The van der Waals surface area contributed by atoms with Gasteiger partial charge in [0.2, 0.25) is 11.8 Å². The van der Waals surface area contributed by atoms with E-state index < -0.39 is 30.2 Å². The van der Waals surface area contributed by atoms with Gasteiger partial charge < -0.3 is 10.6 Å². The molecule has 2 amide bonds. The van der Waals surface area contributed by atoms with Crippen LogP contribution in [0.2, 0.25) is 0 Å². The van der Waals surface area contributed by atoms with Crippen LogP contribution in [0.4, 0.5) is 0 Å². The minimum Gasteiger partial charge on any atom is -0.349 e. The SMILES string of the molecule is CC(C)S(=O)(=O)C[C@@H]1CCC(=O)N[C@H]1c1ccc(-c2ccccc2)cc1.CC(C)S(=O)(=O)C[C@H]1CCC(=O)N[C@@H]1c1ccc(-c2ccccc2)cc1. The Labute approximate surface area is 309 Å². The summed E-state index contributed by atoms with van der Waals surface area (Å²) in [5, 5.41) is 5.20. The summed E-state index contributed by atoms with van der Waals surface area (Å²) in [6.45, 7) is 6.83. The standard InChI is InChI=1S/2C21H25NO3S/c2*1-15(2)26(24,25)14-19-12-13-20(23)22-21(19)18-10-8-17(9-11-18)16-6-4-3-5-7-16/h2*3-11,15,19,21H,12-14H2,1-2H3,(H,22,23)/t2*19-,21-/m10/s1. The van der Waals surface area contributed by atoms with Crippen molar-refractivity contribution in [2.75, 3.05) is 11.5 Å². The number of rotatable bonds is 10. The molecule has 2 aliphatic heterocycles. The number of amides is 2. The maximum absolute atomic E-state index is 12.4. The second-order valence-electron chi connectivity index (χ2n) is 14.4. The Balaban J connectivity index is 0.000000201. The molecule has 0 spiro atoms. The van der Waals surface area contributed by atoms with Crippen LogP contribution in [0.15, 0.2) is 109 Å². The van der Waals surface area contributed by atoms with E-state index in [1.165, 1.54) is 0 Å². The summed E-state index contributed by atoms with van der Waals surface area (Å²) >= 11 is 0. The minimum atomic E-state index is -3.16. The van der Waals surface area contributed by atoms with Crippen molar-refractivity contribution in [3.63, 3.8) is 0 Å². The van der Waals surface area contributed by atoms with Gasteiger partial charge in [-0.3, -0.25) is 9.59 Å². The molecule has 52 heavy (non-hydrogen) atoms. The molecule has 2 heterocycles. The maximum atomic E-state index is 12.4. The number of piperidine rings is 2. The molecule has 4 atom stereocenters. The van der Waals surface area contributed by atoms with Crippen molar-refractivity contribution >= 4 is 31.5 Å². The largest absolute Gasteiger partial charge is 0.349 e. The summed E-state index contributed by atoms with van der Waals surface area (Å²) in [6, 6.07) is 35.7. The second kappa shape index (κ2) is 17.0. The summed E-state index contributed by atoms with van der Waals surface area (Å²) < 4.78 is 49.5. The number of carbonyl (C=O) groups excluding carboxylic acids is 2. The monoisotopic (exact) mass is 742 g/mol. The molecule has 2 saturated heterocycles. The van der Waals surface area contributed by atoms with Crippen molar-refractivity contribution in [2.45, 2.75) is 76.0 Å². The first-order valence-electron chi connectivity index (χ1n) is 18.1. The van der Waals surface area contributed by atoms with Crippen LogP contribution in [0.25, 0.3) is 22.3 Å². The smallest absolute Gasteiger partial charge is 0.220 e. The normalized spacial score (nSPS) is 20.8. The van der Waals surface area contributed by atoms with Gasteiger partial charge in [-0.15, -0.1) is 0 Å². The molecule has 276 valence electrons. The van der Waals surface area contributed by atoms with Gasteiger partial charge >= 0.3 is 0 Å². The molecule has 0 radical (unpaired) electrons. The predicted molar refractivity (Wildman–Crippen MR) is 209 cm³/mol. The first kappa shape index (κ1) is 38.9. The van der Waals surface area contributed by atoms with E-state index in [4.69, 9.17) is 0 Å². The van der Waals surface area contributed by atoms with Crippen molar-refractivity contribution in [1.82, 2.24) is 10.6 Å². The molecule has 4 aromatic rings. The van der Waals surface area contributed by atoms with E-state index in [2.05, 4.69) is 34.9 Å². The molecule has 6 rings (SSSR count). The lowest BCUT2D eigenvalue weighted by molar-refractivity contribution is -0.125. The van der Waals surface area contributed by atoms with Crippen molar-refractivity contribution in [3.8, 4) is 22.3 Å². The number of carbonyl (C=O) groups is 2. The van der Waals surface area contributed by atoms with Gasteiger partial charge in [-0.2, -0.15) is 0 Å². The van der Waals surface area contributed by atoms with Gasteiger partial charge in [0.15, 0.2) is 19.7 Å². The lowest BCUT2D eigenvalue weighted by atomic mass is 9.86. The zero-order valence-corrected chi connectivity index (χ0v) is 32.0. The molecule has 0 bridgehead atoms. The summed E-state index contributed by atoms with van der Waals surface area (Å²) in [4.78, 5) is 23.8. The number of benzene rings is 4. The third-order valence-electron chi connectivity index (χ3n) is 10.1. The van der Waals surface area contributed by atoms with E-state index in [1.807, 2.05) is 84.9 Å². The number of hydrogen-bond acceptors (Lipinski definition) is 6. The Kier molecular flexibility index (Phi) is 12.8. The van der Waals surface area contributed by atoms with Crippen LogP contribution in [-0.2, 0) is 29.3 Å². The van der Waals surface area contributed by atoms with E-state index in [0.29, 0.717) is 25.7 Å². The zero-order chi connectivity index (χ0) is 37.5. The Morgan fingerprint density at radius 1 is 0.500 bits per heavy atom. The summed E-state index contributed by atoms with van der Waals surface area (Å²) in [7, 11) is -6.32. The van der Waals surface area contributed by atoms with Crippen LogP contribution in [0.1, 0.15) is 76.6 Å². The van der Waals surface area contributed by atoms with Crippen LogP contribution in [-0.4, -0.2) is 50.7 Å². The van der Waals surface area contributed by atoms with E-state index in [9.17, 15) is 26.4 Å². The van der Waals surface area contributed by atoms with Gasteiger partial charge in [0.25, 0.3) is 0 Å². The summed E-state index contributed by atoms with van der Waals surface area (Å²) in [5.41, 5.74) is 6.38. The average molecular weight is 743 g/mol. The topological polar surface area (TPSA) is 126 Å². The van der Waals surface area contributed by atoms with E-state index in [0.717, 1.165) is 33.4 Å². The molecule has 0 aliphatic carbocycles. The van der Waals surface area contributed by atoms with E-state index >= 15 is 0 Å². The van der Waals surface area contributed by atoms with Gasteiger partial charge in [-0.1, -0.05) is 109 Å². The zero-order valence-electron chi connectivity index (χ0n) is 30.4. The fraction of sp³-hybridized carbons (Fsp3) is 0.381. The van der Waals surface area contributed by atoms with Crippen LogP contribution in [0, 0.1) is 11.8 Å². The van der Waals surface area contributed by atoms with Crippen LogP contribution < -0.4 is 10.6 Å². The highest BCUT2D eigenvalue weighted by Gasteiger charge is 2.35. The van der Waals surface area contributed by atoms with Gasteiger partial charge in [-0.25, -0.2) is 16.8 Å². The maximum Gasteiger partial charge on any atom is 0.220 e. The summed E-state index contributed by atoms with van der Waals surface area (Å²) in [6.07, 6.45) is 1.97. The molecule has 2 aliphatic rings. The lowest BCUT2D eigenvalue weighted by Gasteiger charge is -2.33. The van der Waals surface area contributed by atoms with Gasteiger partial charge in [-0.05, 0) is 85.8 Å². The van der Waals surface area contributed by atoms with Crippen molar-refractivity contribution in [1.29, 1.82) is 0 Å². The Bertz CT molecular complexity index is 1860. The lowest BCUT2D eigenvalue weighted by Crippen LogP contribution is -2.41. The van der Waals surface area contributed by atoms with E-state index in [1.54, 1.807) is 27.7 Å². The average Bonchev–Trinajstić information content (AvgIpc) is 3.14. The first-order chi connectivity index (χ1) is 24.7. The highest BCUT2D eigenvalue weighted by atomic mass is 32.2. The molecule has 2 fully saturated rings. The Morgan fingerprint density at radius 3 is 1.12 bits per heavy atom. The van der Waals surface area contributed by atoms with Gasteiger partial charge in [0.05, 0.1) is 34.1 Å².